The van der Waals surface area contributed by atoms with Crippen molar-refractivity contribution in [1.82, 2.24) is 5.32 Å². The average Bonchev–Trinajstić information content (AvgIpc) is 3.08. The molecule has 0 saturated carbocycles. The summed E-state index contributed by atoms with van der Waals surface area (Å²) in [4.78, 5) is 12.2. The molecule has 1 heterocycles. The molecule has 4 nitrogen and oxygen atoms in total. The van der Waals surface area contributed by atoms with Crippen LogP contribution in [0.25, 0.3) is 0 Å². The van der Waals surface area contributed by atoms with Crippen LogP contribution >= 0.6 is 0 Å². The van der Waals surface area contributed by atoms with Crippen LogP contribution in [0, 0.1) is 0 Å². The monoisotopic (exact) mass is 325 g/mol. The largest absolute Gasteiger partial charge is 0.493 e. The molecule has 2 aromatic carbocycles. The standard InChI is InChI=1S/C20H23NO3/c22-14-18(13-15-4-2-1-3-5-15)21-20(23)9-7-16-6-8-19-17(12-16)10-11-24-19/h1-6,8,12,18,22H,7,9-11,13-14H2,(H,21,23)/t18-/m1/s1. The lowest BCUT2D eigenvalue weighted by Crippen LogP contribution is -2.39. The normalized spacial score (nSPS) is 13.9. The Morgan fingerprint density at radius 3 is 2.79 bits per heavy atom. The molecule has 0 unspecified atom stereocenters. The van der Waals surface area contributed by atoms with Gasteiger partial charge in [-0.05, 0) is 35.6 Å². The molecule has 0 radical (unpaired) electrons. The minimum Gasteiger partial charge on any atom is -0.493 e. The van der Waals surface area contributed by atoms with Gasteiger partial charge in [0.05, 0.1) is 19.3 Å². The topological polar surface area (TPSA) is 58.6 Å². The molecular weight excluding hydrogens is 302 g/mol. The highest BCUT2D eigenvalue weighted by Crippen LogP contribution is 2.26. The van der Waals surface area contributed by atoms with Crippen molar-refractivity contribution in [2.75, 3.05) is 13.2 Å². The van der Waals surface area contributed by atoms with Gasteiger partial charge in [0.25, 0.3) is 0 Å². The number of ether oxygens (including phenoxy) is 1. The lowest BCUT2D eigenvalue weighted by Gasteiger charge is -2.16. The van der Waals surface area contributed by atoms with E-state index in [1.54, 1.807) is 0 Å². The van der Waals surface area contributed by atoms with E-state index in [1.165, 1.54) is 5.56 Å². The van der Waals surface area contributed by atoms with Crippen LogP contribution in [0.15, 0.2) is 48.5 Å². The molecule has 1 aliphatic rings. The summed E-state index contributed by atoms with van der Waals surface area (Å²) in [5.41, 5.74) is 3.48. The summed E-state index contributed by atoms with van der Waals surface area (Å²) in [5.74, 6) is 0.938. The second-order valence-electron chi connectivity index (χ2n) is 6.18. The van der Waals surface area contributed by atoms with Gasteiger partial charge in [-0.2, -0.15) is 0 Å². The molecule has 1 atom stereocenters. The number of carbonyl (C=O) groups is 1. The van der Waals surface area contributed by atoms with Gasteiger partial charge in [-0.25, -0.2) is 0 Å². The van der Waals surface area contributed by atoms with Gasteiger partial charge >= 0.3 is 0 Å². The first kappa shape index (κ1) is 16.5. The van der Waals surface area contributed by atoms with Crippen molar-refractivity contribution >= 4 is 5.91 Å². The van der Waals surface area contributed by atoms with Crippen LogP contribution in [0.1, 0.15) is 23.1 Å². The molecule has 3 rings (SSSR count). The molecule has 0 spiro atoms. The summed E-state index contributed by atoms with van der Waals surface area (Å²) in [7, 11) is 0. The lowest BCUT2D eigenvalue weighted by atomic mass is 10.0. The highest BCUT2D eigenvalue weighted by atomic mass is 16.5. The minimum atomic E-state index is -0.242. The quantitative estimate of drug-likeness (QED) is 0.821. The van der Waals surface area contributed by atoms with Gasteiger partial charge in [-0.3, -0.25) is 4.79 Å². The number of rotatable bonds is 7. The number of nitrogens with one attached hydrogen (secondary N) is 1. The molecule has 0 aliphatic carbocycles. The summed E-state index contributed by atoms with van der Waals surface area (Å²) >= 11 is 0. The Balaban J connectivity index is 1.49. The Hall–Kier alpha value is -2.33. The first-order valence-corrected chi connectivity index (χ1v) is 8.43. The Morgan fingerprint density at radius 2 is 2.00 bits per heavy atom. The summed E-state index contributed by atoms with van der Waals surface area (Å²) in [6, 6.07) is 15.8. The van der Waals surface area contributed by atoms with Gasteiger partial charge in [0.15, 0.2) is 0 Å². The molecule has 126 valence electrons. The molecular formula is C20H23NO3. The van der Waals surface area contributed by atoms with E-state index < -0.39 is 0 Å². The number of benzene rings is 2. The predicted octanol–water partition coefficient (Wildman–Crippen LogP) is 2.27. The second kappa shape index (κ2) is 7.97. The van der Waals surface area contributed by atoms with E-state index in [-0.39, 0.29) is 18.6 Å². The maximum atomic E-state index is 12.2. The fraction of sp³-hybridized carbons (Fsp3) is 0.350. The Morgan fingerprint density at radius 1 is 1.17 bits per heavy atom. The van der Waals surface area contributed by atoms with E-state index in [9.17, 15) is 9.90 Å². The van der Waals surface area contributed by atoms with Crippen LogP contribution in [0.4, 0.5) is 0 Å². The first-order valence-electron chi connectivity index (χ1n) is 8.43. The van der Waals surface area contributed by atoms with E-state index in [1.807, 2.05) is 42.5 Å². The maximum Gasteiger partial charge on any atom is 0.220 e. The van der Waals surface area contributed by atoms with E-state index in [4.69, 9.17) is 4.74 Å². The molecule has 0 aromatic heterocycles. The molecule has 1 amide bonds. The van der Waals surface area contributed by atoms with Gasteiger partial charge in [0.1, 0.15) is 5.75 Å². The zero-order chi connectivity index (χ0) is 16.8. The van der Waals surface area contributed by atoms with Crippen molar-refractivity contribution in [1.29, 1.82) is 0 Å². The van der Waals surface area contributed by atoms with Crippen molar-refractivity contribution in [3.63, 3.8) is 0 Å². The van der Waals surface area contributed by atoms with Gasteiger partial charge in [-0.1, -0.05) is 42.5 Å². The predicted molar refractivity (Wildman–Crippen MR) is 93.1 cm³/mol. The smallest absolute Gasteiger partial charge is 0.220 e. The van der Waals surface area contributed by atoms with Crippen LogP contribution < -0.4 is 10.1 Å². The Bertz CT molecular complexity index is 685. The fourth-order valence-electron chi connectivity index (χ4n) is 3.01. The van der Waals surface area contributed by atoms with Crippen molar-refractivity contribution in [2.45, 2.75) is 31.7 Å². The summed E-state index contributed by atoms with van der Waals surface area (Å²) in [6.45, 7) is 0.688. The maximum absolute atomic E-state index is 12.2. The number of aliphatic hydroxyl groups is 1. The number of hydrogen-bond donors (Lipinski definition) is 2. The van der Waals surface area contributed by atoms with Crippen molar-refractivity contribution < 1.29 is 14.6 Å². The molecule has 0 fully saturated rings. The second-order valence-corrected chi connectivity index (χ2v) is 6.18. The SMILES string of the molecule is O=C(CCc1ccc2c(c1)CCO2)N[C@@H](CO)Cc1ccccc1. The molecule has 4 heteroatoms. The highest BCUT2D eigenvalue weighted by molar-refractivity contribution is 5.76. The highest BCUT2D eigenvalue weighted by Gasteiger charge is 2.14. The van der Waals surface area contributed by atoms with E-state index in [0.717, 1.165) is 29.9 Å². The zero-order valence-corrected chi connectivity index (χ0v) is 13.7. The minimum absolute atomic E-state index is 0.0262. The third-order valence-corrected chi connectivity index (χ3v) is 4.31. The molecule has 2 aromatic rings. The van der Waals surface area contributed by atoms with Crippen molar-refractivity contribution in [3.8, 4) is 5.75 Å². The van der Waals surface area contributed by atoms with E-state index in [2.05, 4.69) is 11.4 Å². The molecule has 0 bridgehead atoms. The van der Waals surface area contributed by atoms with Gasteiger partial charge in [0.2, 0.25) is 5.91 Å². The fourth-order valence-corrected chi connectivity index (χ4v) is 3.01. The van der Waals surface area contributed by atoms with Gasteiger partial charge in [-0.15, -0.1) is 0 Å². The molecule has 1 aliphatic heterocycles. The number of amides is 1. The summed E-state index contributed by atoms with van der Waals surface area (Å²) < 4.78 is 5.50. The number of hydrogen-bond acceptors (Lipinski definition) is 3. The zero-order valence-electron chi connectivity index (χ0n) is 13.7. The number of carbonyl (C=O) groups excluding carboxylic acids is 1. The molecule has 24 heavy (non-hydrogen) atoms. The summed E-state index contributed by atoms with van der Waals surface area (Å²) in [6.07, 6.45) is 2.70. The summed E-state index contributed by atoms with van der Waals surface area (Å²) in [5, 5.41) is 12.4. The van der Waals surface area contributed by atoms with E-state index in [0.29, 0.717) is 19.3 Å². The van der Waals surface area contributed by atoms with Crippen LogP contribution in [-0.4, -0.2) is 30.3 Å². The van der Waals surface area contributed by atoms with Crippen molar-refractivity contribution in [3.05, 3.63) is 65.2 Å². The van der Waals surface area contributed by atoms with E-state index >= 15 is 0 Å². The Kier molecular flexibility index (Phi) is 5.49. The molecule has 2 N–H and O–H groups in total. The third-order valence-electron chi connectivity index (χ3n) is 4.31. The van der Waals surface area contributed by atoms with Crippen molar-refractivity contribution in [2.24, 2.45) is 0 Å². The van der Waals surface area contributed by atoms with Gasteiger partial charge < -0.3 is 15.2 Å². The third kappa shape index (κ3) is 4.36. The lowest BCUT2D eigenvalue weighted by molar-refractivity contribution is -0.122. The van der Waals surface area contributed by atoms with Crippen LogP contribution in [0.5, 0.6) is 5.75 Å². The van der Waals surface area contributed by atoms with Crippen LogP contribution in [-0.2, 0) is 24.1 Å². The average molecular weight is 325 g/mol. The number of aryl methyl sites for hydroxylation is 1. The van der Waals surface area contributed by atoms with Crippen LogP contribution in [0.3, 0.4) is 0 Å². The number of aliphatic hydroxyl groups excluding tert-OH is 1. The van der Waals surface area contributed by atoms with Gasteiger partial charge in [0, 0.05) is 12.8 Å². The first-order chi connectivity index (χ1) is 11.7. The number of fused-ring (bicyclic) bond motifs is 1. The Labute approximate surface area is 142 Å². The van der Waals surface area contributed by atoms with Crippen LogP contribution in [0.2, 0.25) is 0 Å². The molecule has 0 saturated heterocycles.